The number of para-hydroxylation sites is 1. The Morgan fingerprint density at radius 3 is 2.63 bits per heavy atom. The largest absolute Gasteiger partial charge is 0.507 e. The number of nitrogens with one attached hydrogen (secondary N) is 1. The molecule has 1 unspecified atom stereocenters. The third kappa shape index (κ3) is 3.83. The Balaban J connectivity index is 2.11. The van der Waals surface area contributed by atoms with Crippen molar-refractivity contribution in [2.45, 2.75) is 19.3 Å². The van der Waals surface area contributed by atoms with Gasteiger partial charge in [0.2, 0.25) is 10.0 Å². The van der Waals surface area contributed by atoms with Crippen LogP contribution in [0.25, 0.3) is 11.0 Å². The SMILES string of the molecule is [CH2]CS(=O)(=O)Nc1cccc(C(CC)c2c(O)c3ccccc3oc2=O)c1. The lowest BCUT2D eigenvalue weighted by atomic mass is 9.88. The first-order chi connectivity index (χ1) is 12.9. The zero-order valence-electron chi connectivity index (χ0n) is 14.8. The van der Waals surface area contributed by atoms with Crippen LogP contribution in [0.4, 0.5) is 5.69 Å². The number of anilines is 1. The predicted octanol–water partition coefficient (Wildman–Crippen LogP) is 3.62. The van der Waals surface area contributed by atoms with Gasteiger partial charge in [-0.05, 0) is 43.2 Å². The highest BCUT2D eigenvalue weighted by Crippen LogP contribution is 2.36. The molecule has 0 bridgehead atoms. The maximum Gasteiger partial charge on any atom is 0.343 e. The highest BCUT2D eigenvalue weighted by molar-refractivity contribution is 7.92. The number of hydrogen-bond acceptors (Lipinski definition) is 5. The molecular weight excluding hydrogens is 366 g/mol. The van der Waals surface area contributed by atoms with E-state index in [9.17, 15) is 18.3 Å². The topological polar surface area (TPSA) is 96.6 Å². The molecule has 0 fully saturated rings. The number of sulfonamides is 1. The summed E-state index contributed by atoms with van der Waals surface area (Å²) >= 11 is 0. The average Bonchev–Trinajstić information content (AvgIpc) is 2.65. The lowest BCUT2D eigenvalue weighted by Gasteiger charge is -2.18. The molecule has 141 valence electrons. The first kappa shape index (κ1) is 19.0. The molecule has 0 aliphatic heterocycles. The molecule has 2 aromatic carbocycles. The highest BCUT2D eigenvalue weighted by atomic mass is 32.2. The monoisotopic (exact) mass is 386 g/mol. The number of fused-ring (bicyclic) bond motifs is 1. The minimum absolute atomic E-state index is 0.113. The average molecular weight is 386 g/mol. The Morgan fingerprint density at radius 1 is 1.19 bits per heavy atom. The molecule has 3 aromatic rings. The van der Waals surface area contributed by atoms with Gasteiger partial charge in [-0.1, -0.05) is 31.2 Å². The zero-order valence-corrected chi connectivity index (χ0v) is 15.6. The van der Waals surface area contributed by atoms with Crippen LogP contribution in [0.3, 0.4) is 0 Å². The number of hydrogen-bond donors (Lipinski definition) is 2. The van der Waals surface area contributed by atoms with E-state index in [1.807, 2.05) is 6.92 Å². The fourth-order valence-corrected chi connectivity index (χ4v) is 3.70. The summed E-state index contributed by atoms with van der Waals surface area (Å²) in [5.41, 5.74) is 0.935. The van der Waals surface area contributed by atoms with Crippen LogP contribution in [0, 0.1) is 6.92 Å². The van der Waals surface area contributed by atoms with E-state index in [1.165, 1.54) is 0 Å². The molecule has 1 atom stereocenters. The standard InChI is InChI=1S/C20H20NO5S/c1-3-15(13-8-7-9-14(12-13)21-27(24,25)4-2)18-19(22)16-10-5-6-11-17(16)26-20(18)23/h5-12,15,21-22H,2-4H2,1H3. The van der Waals surface area contributed by atoms with Gasteiger partial charge >= 0.3 is 5.63 Å². The van der Waals surface area contributed by atoms with Crippen LogP contribution in [-0.4, -0.2) is 19.3 Å². The first-order valence-corrected chi connectivity index (χ1v) is 10.2. The summed E-state index contributed by atoms with van der Waals surface area (Å²) in [5.74, 6) is -0.851. The third-order valence-corrected chi connectivity index (χ3v) is 5.49. The molecule has 0 saturated heterocycles. The molecule has 1 aromatic heterocycles. The van der Waals surface area contributed by atoms with Crippen LogP contribution in [0.2, 0.25) is 0 Å². The van der Waals surface area contributed by atoms with E-state index in [0.717, 1.165) is 0 Å². The summed E-state index contributed by atoms with van der Waals surface area (Å²) < 4.78 is 31.3. The van der Waals surface area contributed by atoms with Crippen molar-refractivity contribution in [1.29, 1.82) is 0 Å². The summed E-state index contributed by atoms with van der Waals surface area (Å²) in [4.78, 5) is 12.5. The van der Waals surface area contributed by atoms with Crippen molar-refractivity contribution in [1.82, 2.24) is 0 Å². The summed E-state index contributed by atoms with van der Waals surface area (Å²) in [6, 6.07) is 13.5. The van der Waals surface area contributed by atoms with Crippen molar-refractivity contribution in [3.05, 3.63) is 77.0 Å². The van der Waals surface area contributed by atoms with Crippen molar-refractivity contribution < 1.29 is 17.9 Å². The minimum Gasteiger partial charge on any atom is -0.507 e. The van der Waals surface area contributed by atoms with Gasteiger partial charge in [-0.25, -0.2) is 13.2 Å². The molecule has 27 heavy (non-hydrogen) atoms. The number of aromatic hydroxyl groups is 1. The van der Waals surface area contributed by atoms with Crippen LogP contribution < -0.4 is 10.3 Å². The normalized spacial score (nSPS) is 12.8. The third-order valence-electron chi connectivity index (χ3n) is 4.41. The van der Waals surface area contributed by atoms with E-state index in [-0.39, 0.29) is 17.1 Å². The Kier molecular flexibility index (Phi) is 5.23. The van der Waals surface area contributed by atoms with Crippen LogP contribution in [0.1, 0.15) is 30.4 Å². The van der Waals surface area contributed by atoms with E-state index in [2.05, 4.69) is 11.6 Å². The maximum absolute atomic E-state index is 12.5. The van der Waals surface area contributed by atoms with Gasteiger partial charge in [0.1, 0.15) is 11.3 Å². The second-order valence-electron chi connectivity index (χ2n) is 6.16. The fourth-order valence-electron chi connectivity index (χ4n) is 3.11. The van der Waals surface area contributed by atoms with Gasteiger partial charge in [0.25, 0.3) is 0 Å². The zero-order chi connectivity index (χ0) is 19.6. The molecule has 0 saturated carbocycles. The molecule has 2 N–H and O–H groups in total. The smallest absolute Gasteiger partial charge is 0.343 e. The molecule has 7 heteroatoms. The Hall–Kier alpha value is -2.80. The number of benzene rings is 2. The molecule has 0 amide bonds. The Morgan fingerprint density at radius 2 is 1.93 bits per heavy atom. The van der Waals surface area contributed by atoms with E-state index in [4.69, 9.17) is 4.42 Å². The molecule has 1 radical (unpaired) electrons. The Labute approximate surface area is 157 Å². The molecule has 0 spiro atoms. The van der Waals surface area contributed by atoms with Crippen molar-refractivity contribution in [3.8, 4) is 5.75 Å². The second-order valence-corrected chi connectivity index (χ2v) is 8.00. The summed E-state index contributed by atoms with van der Waals surface area (Å²) in [7, 11) is -3.52. The molecule has 3 rings (SSSR count). The summed E-state index contributed by atoms with van der Waals surface area (Å²) in [6.07, 6.45) is 0.516. The van der Waals surface area contributed by atoms with Crippen molar-refractivity contribution in [2.75, 3.05) is 10.5 Å². The van der Waals surface area contributed by atoms with Crippen LogP contribution in [-0.2, 0) is 10.0 Å². The van der Waals surface area contributed by atoms with E-state index < -0.39 is 21.6 Å². The van der Waals surface area contributed by atoms with Gasteiger partial charge in [-0.3, -0.25) is 4.72 Å². The van der Waals surface area contributed by atoms with Crippen LogP contribution in [0.5, 0.6) is 5.75 Å². The van der Waals surface area contributed by atoms with E-state index in [0.29, 0.717) is 28.6 Å². The molecule has 0 aliphatic rings. The predicted molar refractivity (Wildman–Crippen MR) is 105 cm³/mol. The van der Waals surface area contributed by atoms with Gasteiger partial charge < -0.3 is 9.52 Å². The van der Waals surface area contributed by atoms with Gasteiger partial charge in [0, 0.05) is 11.6 Å². The van der Waals surface area contributed by atoms with Gasteiger partial charge in [0.15, 0.2) is 0 Å². The quantitative estimate of drug-likeness (QED) is 0.631. The van der Waals surface area contributed by atoms with E-state index >= 15 is 0 Å². The molecular formula is C20H20NO5S. The first-order valence-electron chi connectivity index (χ1n) is 8.50. The van der Waals surface area contributed by atoms with Gasteiger partial charge in [-0.15, -0.1) is 0 Å². The second kappa shape index (κ2) is 7.44. The fraction of sp³-hybridized carbons (Fsp3) is 0.200. The summed E-state index contributed by atoms with van der Waals surface area (Å²) in [5, 5.41) is 11.2. The molecule has 6 nitrogen and oxygen atoms in total. The highest BCUT2D eigenvalue weighted by Gasteiger charge is 2.23. The van der Waals surface area contributed by atoms with Crippen molar-refractivity contribution in [2.24, 2.45) is 0 Å². The minimum atomic E-state index is -3.52. The number of rotatable bonds is 6. The van der Waals surface area contributed by atoms with Gasteiger partial charge in [0.05, 0.1) is 16.7 Å². The lowest BCUT2D eigenvalue weighted by Crippen LogP contribution is -2.16. The van der Waals surface area contributed by atoms with Crippen molar-refractivity contribution in [3.63, 3.8) is 0 Å². The van der Waals surface area contributed by atoms with Crippen LogP contribution >= 0.6 is 0 Å². The Bertz CT molecular complexity index is 1130. The summed E-state index contributed by atoms with van der Waals surface area (Å²) in [6.45, 7) is 5.27. The molecule has 0 aliphatic carbocycles. The van der Waals surface area contributed by atoms with E-state index in [1.54, 1.807) is 48.5 Å². The molecule has 1 heterocycles. The van der Waals surface area contributed by atoms with Crippen molar-refractivity contribution >= 4 is 26.7 Å². The lowest BCUT2D eigenvalue weighted by molar-refractivity contribution is 0.450. The maximum atomic E-state index is 12.5. The van der Waals surface area contributed by atoms with Gasteiger partial charge in [-0.2, -0.15) is 0 Å². The van der Waals surface area contributed by atoms with Crippen LogP contribution in [0.15, 0.2) is 57.7 Å².